The molecule has 7 rings (SSSR count). The lowest BCUT2D eigenvalue weighted by atomic mass is 9.78. The van der Waals surface area contributed by atoms with Gasteiger partial charge in [-0.3, -0.25) is 9.97 Å². The second-order valence-corrected chi connectivity index (χ2v) is 11.2. The van der Waals surface area contributed by atoms with Crippen LogP contribution in [-0.4, -0.2) is 53.2 Å². The van der Waals surface area contributed by atoms with Gasteiger partial charge in [-0.15, -0.1) is 0 Å². The van der Waals surface area contributed by atoms with Crippen molar-refractivity contribution in [3.8, 4) is 11.1 Å². The summed E-state index contributed by atoms with van der Waals surface area (Å²) in [6.07, 6.45) is 8.26. The van der Waals surface area contributed by atoms with Crippen LogP contribution in [0.4, 0.5) is 11.5 Å². The van der Waals surface area contributed by atoms with Gasteiger partial charge in [0.05, 0.1) is 16.7 Å². The molecule has 8 heteroatoms. The fourth-order valence-electron chi connectivity index (χ4n) is 6.14. The molecule has 5 heterocycles. The fourth-order valence-corrected chi connectivity index (χ4v) is 6.92. The van der Waals surface area contributed by atoms with Crippen molar-refractivity contribution in [3.05, 3.63) is 60.0 Å². The van der Waals surface area contributed by atoms with Crippen LogP contribution in [0, 0.1) is 5.41 Å². The van der Waals surface area contributed by atoms with Crippen LogP contribution in [-0.2, 0) is 6.42 Å². The molecule has 0 atom stereocenters. The highest BCUT2D eigenvalue weighted by Crippen LogP contribution is 2.48. The van der Waals surface area contributed by atoms with Gasteiger partial charge in [0.1, 0.15) is 5.82 Å². The van der Waals surface area contributed by atoms with Gasteiger partial charge in [0.25, 0.3) is 0 Å². The molecule has 36 heavy (non-hydrogen) atoms. The molecule has 1 aromatic carbocycles. The number of hydrogen-bond donors (Lipinski definition) is 2. The van der Waals surface area contributed by atoms with E-state index in [9.17, 15) is 0 Å². The molecule has 182 valence electrons. The third-order valence-electron chi connectivity index (χ3n) is 8.04. The predicted octanol–water partition coefficient (Wildman–Crippen LogP) is 4.76. The minimum Gasteiger partial charge on any atom is -0.388 e. The largest absolute Gasteiger partial charge is 0.388 e. The van der Waals surface area contributed by atoms with Gasteiger partial charge in [-0.25, -0.2) is 9.97 Å². The van der Waals surface area contributed by atoms with Gasteiger partial charge >= 0.3 is 0 Å². The van der Waals surface area contributed by atoms with E-state index in [4.69, 9.17) is 9.97 Å². The van der Waals surface area contributed by atoms with Gasteiger partial charge < -0.3 is 15.5 Å². The highest BCUT2D eigenvalue weighted by molar-refractivity contribution is 7.99. The first-order chi connectivity index (χ1) is 17.7. The van der Waals surface area contributed by atoms with E-state index in [0.29, 0.717) is 5.41 Å². The molecular weight excluding hydrogens is 466 g/mol. The average molecular weight is 496 g/mol. The maximum Gasteiger partial charge on any atom is 0.194 e. The lowest BCUT2D eigenvalue weighted by Gasteiger charge is -2.34. The van der Waals surface area contributed by atoms with Crippen molar-refractivity contribution in [1.82, 2.24) is 25.3 Å². The van der Waals surface area contributed by atoms with Gasteiger partial charge in [0.2, 0.25) is 0 Å². The zero-order valence-corrected chi connectivity index (χ0v) is 21.2. The predicted molar refractivity (Wildman–Crippen MR) is 145 cm³/mol. The highest BCUT2D eigenvalue weighted by atomic mass is 32.2. The number of fused-ring (bicyclic) bond motifs is 4. The molecule has 0 bridgehead atoms. The average Bonchev–Trinajstić information content (AvgIpc) is 3.50. The SMILES string of the molecule is CNc1cccc2c1Cc1nc(Sc3cnc4cccnc4c3)nc(N3CCC4(CCNCC4)C3)c1-2. The molecule has 2 aliphatic heterocycles. The van der Waals surface area contributed by atoms with Crippen molar-refractivity contribution in [1.29, 1.82) is 0 Å². The van der Waals surface area contributed by atoms with E-state index in [1.54, 1.807) is 11.8 Å². The number of nitrogens with zero attached hydrogens (tertiary/aromatic N) is 5. The van der Waals surface area contributed by atoms with Gasteiger partial charge in [0.15, 0.2) is 5.16 Å². The summed E-state index contributed by atoms with van der Waals surface area (Å²) in [4.78, 5) is 22.9. The second-order valence-electron chi connectivity index (χ2n) is 10.1. The van der Waals surface area contributed by atoms with Crippen LogP contribution in [0.2, 0.25) is 0 Å². The highest BCUT2D eigenvalue weighted by Gasteiger charge is 2.41. The van der Waals surface area contributed by atoms with E-state index in [-0.39, 0.29) is 0 Å². The second kappa shape index (κ2) is 8.71. The van der Waals surface area contributed by atoms with Crippen LogP contribution in [0.1, 0.15) is 30.5 Å². The number of nitrogens with one attached hydrogen (secondary N) is 2. The summed E-state index contributed by atoms with van der Waals surface area (Å²) in [6, 6.07) is 12.5. The number of hydrogen-bond acceptors (Lipinski definition) is 8. The Balaban J connectivity index is 1.30. The molecule has 2 fully saturated rings. The summed E-state index contributed by atoms with van der Waals surface area (Å²) in [5.74, 6) is 1.09. The molecule has 4 aromatic rings. The lowest BCUT2D eigenvalue weighted by molar-refractivity contribution is 0.232. The van der Waals surface area contributed by atoms with Crippen molar-refractivity contribution >= 4 is 34.3 Å². The molecule has 0 saturated carbocycles. The Kier molecular flexibility index (Phi) is 5.32. The standard InChI is InChI=1S/C28H29N7S/c1-29-21-5-2-4-19-20(21)15-24-25(19)26(35-13-9-28(17-35)7-11-30-12-8-28)34-27(33-24)36-18-14-23-22(32-16-18)6-3-10-31-23/h2-6,10,14,16,29-30H,7-9,11-13,15,17H2,1H3. The summed E-state index contributed by atoms with van der Waals surface area (Å²) in [6.45, 7) is 4.36. The Morgan fingerprint density at radius 2 is 1.94 bits per heavy atom. The third kappa shape index (κ3) is 3.71. The number of piperidine rings is 1. The first kappa shape index (κ1) is 22.0. The molecular formula is C28H29N7S. The number of anilines is 2. The molecule has 0 amide bonds. The van der Waals surface area contributed by atoms with E-state index in [1.165, 1.54) is 41.6 Å². The topological polar surface area (TPSA) is 78.9 Å². The quantitative estimate of drug-likeness (QED) is 0.346. The Labute approximate surface area is 215 Å². The molecule has 0 unspecified atom stereocenters. The minimum absolute atomic E-state index is 0.401. The van der Waals surface area contributed by atoms with Crippen molar-refractivity contribution in [3.63, 3.8) is 0 Å². The molecule has 2 saturated heterocycles. The van der Waals surface area contributed by atoms with Crippen molar-refractivity contribution < 1.29 is 0 Å². The Hall–Kier alpha value is -3.23. The molecule has 1 aliphatic carbocycles. The van der Waals surface area contributed by atoms with Gasteiger partial charge in [-0.2, -0.15) is 0 Å². The number of aromatic nitrogens is 4. The maximum absolute atomic E-state index is 5.23. The van der Waals surface area contributed by atoms with E-state index >= 15 is 0 Å². The first-order valence-corrected chi connectivity index (χ1v) is 13.6. The zero-order valence-electron chi connectivity index (χ0n) is 20.4. The van der Waals surface area contributed by atoms with E-state index in [2.05, 4.69) is 49.8 Å². The van der Waals surface area contributed by atoms with Crippen LogP contribution in [0.15, 0.2) is 58.8 Å². The van der Waals surface area contributed by atoms with Crippen LogP contribution in [0.3, 0.4) is 0 Å². The van der Waals surface area contributed by atoms with Crippen LogP contribution in [0.5, 0.6) is 0 Å². The minimum atomic E-state index is 0.401. The molecule has 3 aromatic heterocycles. The fraction of sp³-hybridized carbons (Fsp3) is 0.357. The lowest BCUT2D eigenvalue weighted by Crippen LogP contribution is -2.38. The molecule has 2 N–H and O–H groups in total. The monoisotopic (exact) mass is 495 g/mol. The summed E-state index contributed by atoms with van der Waals surface area (Å²) >= 11 is 1.58. The maximum atomic E-state index is 5.23. The summed E-state index contributed by atoms with van der Waals surface area (Å²) in [5, 5.41) is 7.70. The smallest absolute Gasteiger partial charge is 0.194 e. The Morgan fingerprint density at radius 1 is 1.03 bits per heavy atom. The molecule has 3 aliphatic rings. The Bertz CT molecular complexity index is 1460. The van der Waals surface area contributed by atoms with Crippen molar-refractivity contribution in [2.24, 2.45) is 5.41 Å². The van der Waals surface area contributed by atoms with Crippen LogP contribution < -0.4 is 15.5 Å². The first-order valence-electron chi connectivity index (χ1n) is 12.8. The van der Waals surface area contributed by atoms with Crippen LogP contribution in [0.25, 0.3) is 22.2 Å². The van der Waals surface area contributed by atoms with Crippen molar-refractivity contribution in [2.75, 3.05) is 43.4 Å². The summed E-state index contributed by atoms with van der Waals surface area (Å²) in [7, 11) is 1.99. The van der Waals surface area contributed by atoms with Crippen molar-refractivity contribution in [2.45, 2.75) is 35.7 Å². The summed E-state index contributed by atoms with van der Waals surface area (Å²) < 4.78 is 0. The van der Waals surface area contributed by atoms with E-state index in [0.717, 1.165) is 65.2 Å². The number of rotatable bonds is 4. The molecule has 0 radical (unpaired) electrons. The third-order valence-corrected chi connectivity index (χ3v) is 8.86. The van der Waals surface area contributed by atoms with Gasteiger partial charge in [0, 0.05) is 55.1 Å². The van der Waals surface area contributed by atoms with E-state index in [1.807, 2.05) is 31.6 Å². The molecule has 7 nitrogen and oxygen atoms in total. The van der Waals surface area contributed by atoms with E-state index < -0.39 is 0 Å². The number of pyridine rings is 2. The molecule has 1 spiro atoms. The summed E-state index contributed by atoms with van der Waals surface area (Å²) in [5.41, 5.74) is 8.30. The normalized spacial score (nSPS) is 18.0. The van der Waals surface area contributed by atoms with Crippen LogP contribution >= 0.6 is 11.8 Å². The zero-order chi connectivity index (χ0) is 24.1. The number of benzene rings is 1. The Morgan fingerprint density at radius 3 is 2.83 bits per heavy atom. The van der Waals surface area contributed by atoms with Gasteiger partial charge in [-0.1, -0.05) is 12.1 Å². The van der Waals surface area contributed by atoms with Gasteiger partial charge in [-0.05, 0) is 84.9 Å².